The summed E-state index contributed by atoms with van der Waals surface area (Å²) < 4.78 is 0. The van der Waals surface area contributed by atoms with Crippen molar-refractivity contribution in [2.75, 3.05) is 11.9 Å². The highest BCUT2D eigenvalue weighted by atomic mass is 16.6. The zero-order valence-electron chi connectivity index (χ0n) is 9.30. The van der Waals surface area contributed by atoms with Crippen molar-refractivity contribution < 1.29 is 10.0 Å². The zero-order valence-corrected chi connectivity index (χ0v) is 9.30. The second kappa shape index (κ2) is 4.89. The van der Waals surface area contributed by atoms with Gasteiger partial charge in [0, 0.05) is 18.3 Å². The van der Waals surface area contributed by atoms with Crippen LogP contribution in [0.4, 0.5) is 11.4 Å². The van der Waals surface area contributed by atoms with Crippen LogP contribution in [-0.2, 0) is 0 Å². The van der Waals surface area contributed by atoms with Crippen LogP contribution in [0, 0.1) is 10.1 Å². The third-order valence-corrected chi connectivity index (χ3v) is 2.21. The standard InChI is InChI=1S/C10H15N3O3/c1-10(2,4-6-14)12-8-3-5-11-7-9(8)13(15)16/h3,5,7,14H,4,6H2,1-2H3,(H,11,12). The minimum absolute atomic E-state index is 0.0267. The van der Waals surface area contributed by atoms with E-state index in [1.54, 1.807) is 6.07 Å². The van der Waals surface area contributed by atoms with E-state index in [-0.39, 0.29) is 12.3 Å². The number of hydrogen-bond donors (Lipinski definition) is 2. The number of hydrogen-bond acceptors (Lipinski definition) is 5. The molecule has 0 bridgehead atoms. The van der Waals surface area contributed by atoms with Gasteiger partial charge in [-0.25, -0.2) is 0 Å². The molecule has 0 radical (unpaired) electrons. The van der Waals surface area contributed by atoms with Crippen molar-refractivity contribution in [2.24, 2.45) is 0 Å². The molecule has 0 saturated carbocycles. The number of aliphatic hydroxyl groups excluding tert-OH is 1. The number of nitro groups is 1. The molecular weight excluding hydrogens is 210 g/mol. The summed E-state index contributed by atoms with van der Waals surface area (Å²) >= 11 is 0. The lowest BCUT2D eigenvalue weighted by Gasteiger charge is -2.26. The summed E-state index contributed by atoms with van der Waals surface area (Å²) in [7, 11) is 0. The molecule has 1 aromatic heterocycles. The molecule has 0 aliphatic rings. The molecule has 1 heterocycles. The summed E-state index contributed by atoms with van der Waals surface area (Å²) in [5.74, 6) is 0. The molecule has 0 aromatic carbocycles. The van der Waals surface area contributed by atoms with Gasteiger partial charge < -0.3 is 10.4 Å². The van der Waals surface area contributed by atoms with Crippen molar-refractivity contribution in [3.63, 3.8) is 0 Å². The molecule has 6 nitrogen and oxygen atoms in total. The Balaban J connectivity index is 2.92. The van der Waals surface area contributed by atoms with E-state index in [0.29, 0.717) is 12.1 Å². The largest absolute Gasteiger partial charge is 0.396 e. The lowest BCUT2D eigenvalue weighted by atomic mass is 10.0. The molecule has 88 valence electrons. The predicted molar refractivity (Wildman–Crippen MR) is 60.3 cm³/mol. The van der Waals surface area contributed by atoms with Crippen molar-refractivity contribution >= 4 is 11.4 Å². The van der Waals surface area contributed by atoms with Gasteiger partial charge in [-0.15, -0.1) is 0 Å². The van der Waals surface area contributed by atoms with Crippen molar-refractivity contribution in [2.45, 2.75) is 25.8 Å². The lowest BCUT2D eigenvalue weighted by Crippen LogP contribution is -2.32. The first-order chi connectivity index (χ1) is 7.46. The third kappa shape index (κ3) is 3.16. The molecule has 1 rings (SSSR count). The van der Waals surface area contributed by atoms with Crippen LogP contribution in [0.15, 0.2) is 18.5 Å². The van der Waals surface area contributed by atoms with Gasteiger partial charge in [-0.2, -0.15) is 0 Å². The van der Waals surface area contributed by atoms with Gasteiger partial charge in [0.2, 0.25) is 0 Å². The number of anilines is 1. The monoisotopic (exact) mass is 225 g/mol. The van der Waals surface area contributed by atoms with Crippen LogP contribution in [0.3, 0.4) is 0 Å². The molecule has 0 spiro atoms. The molecular formula is C10H15N3O3. The number of rotatable bonds is 5. The maximum atomic E-state index is 10.7. The van der Waals surface area contributed by atoms with Crippen LogP contribution in [0.25, 0.3) is 0 Å². The molecule has 0 unspecified atom stereocenters. The highest BCUT2D eigenvalue weighted by Gasteiger charge is 2.21. The Morgan fingerprint density at radius 3 is 2.88 bits per heavy atom. The van der Waals surface area contributed by atoms with Gasteiger partial charge >= 0.3 is 5.69 Å². The molecule has 0 atom stereocenters. The van der Waals surface area contributed by atoms with E-state index >= 15 is 0 Å². The second-order valence-corrected chi connectivity index (χ2v) is 4.13. The summed E-state index contributed by atoms with van der Waals surface area (Å²) in [6.45, 7) is 3.76. The number of aromatic nitrogens is 1. The highest BCUT2D eigenvalue weighted by Crippen LogP contribution is 2.26. The van der Waals surface area contributed by atoms with Crippen LogP contribution in [0.1, 0.15) is 20.3 Å². The number of aliphatic hydroxyl groups is 1. The van der Waals surface area contributed by atoms with Crippen molar-refractivity contribution in [1.29, 1.82) is 0 Å². The maximum absolute atomic E-state index is 10.7. The Hall–Kier alpha value is -1.69. The predicted octanol–water partition coefficient (Wildman–Crippen LogP) is 1.56. The quantitative estimate of drug-likeness (QED) is 0.586. The maximum Gasteiger partial charge on any atom is 0.310 e. The van der Waals surface area contributed by atoms with Gasteiger partial charge in [-0.3, -0.25) is 15.1 Å². The van der Waals surface area contributed by atoms with Crippen molar-refractivity contribution in [1.82, 2.24) is 4.98 Å². The molecule has 0 aliphatic heterocycles. The second-order valence-electron chi connectivity index (χ2n) is 4.13. The van der Waals surface area contributed by atoms with Gasteiger partial charge in [0.05, 0.1) is 4.92 Å². The summed E-state index contributed by atoms with van der Waals surface area (Å²) in [5, 5.41) is 22.6. The van der Waals surface area contributed by atoms with E-state index in [2.05, 4.69) is 10.3 Å². The minimum Gasteiger partial charge on any atom is -0.396 e. The zero-order chi connectivity index (χ0) is 12.2. The first kappa shape index (κ1) is 12.4. The molecule has 16 heavy (non-hydrogen) atoms. The van der Waals surface area contributed by atoms with Gasteiger partial charge in [-0.05, 0) is 26.3 Å². The Bertz CT molecular complexity index is 379. The first-order valence-corrected chi connectivity index (χ1v) is 4.94. The average Bonchev–Trinajstić information content (AvgIpc) is 2.17. The van der Waals surface area contributed by atoms with Crippen LogP contribution < -0.4 is 5.32 Å². The van der Waals surface area contributed by atoms with E-state index in [1.807, 2.05) is 13.8 Å². The van der Waals surface area contributed by atoms with Crippen molar-refractivity contribution in [3.05, 3.63) is 28.6 Å². The van der Waals surface area contributed by atoms with Crippen LogP contribution in [0.5, 0.6) is 0 Å². The first-order valence-electron chi connectivity index (χ1n) is 4.94. The van der Waals surface area contributed by atoms with Gasteiger partial charge in [0.25, 0.3) is 0 Å². The Morgan fingerprint density at radius 2 is 2.31 bits per heavy atom. The molecule has 0 saturated heterocycles. The molecule has 0 amide bonds. The number of pyridine rings is 1. The Labute approximate surface area is 93.5 Å². The van der Waals surface area contributed by atoms with E-state index in [4.69, 9.17) is 5.11 Å². The van der Waals surface area contributed by atoms with Gasteiger partial charge in [-0.1, -0.05) is 0 Å². The van der Waals surface area contributed by atoms with Gasteiger partial charge in [0.15, 0.2) is 0 Å². The molecule has 0 fully saturated rings. The molecule has 0 aliphatic carbocycles. The average molecular weight is 225 g/mol. The van der Waals surface area contributed by atoms with Crippen LogP contribution in [0.2, 0.25) is 0 Å². The van der Waals surface area contributed by atoms with Gasteiger partial charge in [0.1, 0.15) is 11.9 Å². The molecule has 1 aromatic rings. The molecule has 6 heteroatoms. The smallest absolute Gasteiger partial charge is 0.310 e. The van der Waals surface area contributed by atoms with E-state index in [1.165, 1.54) is 12.4 Å². The normalized spacial score (nSPS) is 11.2. The van der Waals surface area contributed by atoms with E-state index < -0.39 is 10.5 Å². The number of nitrogens with zero attached hydrogens (tertiary/aromatic N) is 2. The summed E-state index contributed by atoms with van der Waals surface area (Å²) in [5.41, 5.74) is -0.0483. The Morgan fingerprint density at radius 1 is 1.62 bits per heavy atom. The highest BCUT2D eigenvalue weighted by molar-refractivity contribution is 5.60. The van der Waals surface area contributed by atoms with Crippen molar-refractivity contribution in [3.8, 4) is 0 Å². The fourth-order valence-corrected chi connectivity index (χ4v) is 1.34. The van der Waals surface area contributed by atoms with Crippen LogP contribution in [-0.4, -0.2) is 27.2 Å². The Kier molecular flexibility index (Phi) is 3.78. The van der Waals surface area contributed by atoms with E-state index in [9.17, 15) is 10.1 Å². The third-order valence-electron chi connectivity index (χ3n) is 2.21. The molecule has 2 N–H and O–H groups in total. The fourth-order valence-electron chi connectivity index (χ4n) is 1.34. The van der Waals surface area contributed by atoms with E-state index in [0.717, 1.165) is 0 Å². The van der Waals surface area contributed by atoms with Crippen LogP contribution >= 0.6 is 0 Å². The SMILES string of the molecule is CC(C)(CCO)Nc1ccncc1[N+](=O)[O-]. The minimum atomic E-state index is -0.482. The number of nitrogens with one attached hydrogen (secondary N) is 1. The lowest BCUT2D eigenvalue weighted by molar-refractivity contribution is -0.384. The fraction of sp³-hybridized carbons (Fsp3) is 0.500. The summed E-state index contributed by atoms with van der Waals surface area (Å²) in [4.78, 5) is 14.0. The summed E-state index contributed by atoms with van der Waals surface area (Å²) in [6.07, 6.45) is 3.20. The summed E-state index contributed by atoms with van der Waals surface area (Å²) in [6, 6.07) is 1.55. The topological polar surface area (TPSA) is 88.3 Å².